The molecule has 0 aliphatic heterocycles. The summed E-state index contributed by atoms with van der Waals surface area (Å²) in [6.07, 6.45) is 0. The summed E-state index contributed by atoms with van der Waals surface area (Å²) >= 11 is 4.73. The molecule has 1 aromatic heterocycles. The van der Waals surface area contributed by atoms with Crippen molar-refractivity contribution < 1.29 is 4.79 Å². The Kier molecular flexibility index (Phi) is 3.87. The molecule has 0 bridgehead atoms. The zero-order valence-electron chi connectivity index (χ0n) is 7.50. The van der Waals surface area contributed by atoms with E-state index in [0.29, 0.717) is 16.2 Å². The molecule has 1 atom stereocenters. The van der Waals surface area contributed by atoms with E-state index in [-0.39, 0.29) is 5.91 Å². The predicted molar refractivity (Wildman–Crippen MR) is 57.6 cm³/mol. The fraction of sp³-hybridized carbons (Fsp3) is 0.500. The predicted octanol–water partition coefficient (Wildman–Crippen LogP) is 1.96. The average molecular weight is 263 g/mol. The molecule has 0 radical (unpaired) electrons. The second-order valence-corrected chi connectivity index (χ2v) is 5.18. The Morgan fingerprint density at radius 1 is 1.85 bits per heavy atom. The van der Waals surface area contributed by atoms with Crippen LogP contribution in [-0.2, 0) is 0 Å². The normalized spacial score (nSPS) is 12.5. The lowest BCUT2D eigenvalue weighted by atomic mass is 10.3. The van der Waals surface area contributed by atoms with Gasteiger partial charge in [0.1, 0.15) is 4.88 Å². The summed E-state index contributed by atoms with van der Waals surface area (Å²) in [5.74, 6) is -0.0358. The highest BCUT2D eigenvalue weighted by Crippen LogP contribution is 2.11. The number of hydrogen-bond donors (Lipinski definition) is 1. The molecule has 5 heteroatoms. The lowest BCUT2D eigenvalue weighted by Crippen LogP contribution is -2.28. The highest BCUT2D eigenvalue weighted by Gasteiger charge is 2.11. The Bertz CT molecular complexity index is 298. The maximum atomic E-state index is 11.5. The molecule has 0 aromatic carbocycles. The van der Waals surface area contributed by atoms with Gasteiger partial charge in [0.15, 0.2) is 0 Å². The van der Waals surface area contributed by atoms with E-state index >= 15 is 0 Å². The van der Waals surface area contributed by atoms with Crippen molar-refractivity contribution in [3.8, 4) is 0 Å². The highest BCUT2D eigenvalue weighted by molar-refractivity contribution is 9.09. The van der Waals surface area contributed by atoms with E-state index in [1.165, 1.54) is 11.3 Å². The number of nitrogens with one attached hydrogen (secondary N) is 1. The van der Waals surface area contributed by atoms with E-state index in [0.717, 1.165) is 5.69 Å². The zero-order chi connectivity index (χ0) is 9.84. The van der Waals surface area contributed by atoms with Crippen LogP contribution in [0.5, 0.6) is 0 Å². The summed E-state index contributed by atoms with van der Waals surface area (Å²) in [4.78, 5) is 16.5. The van der Waals surface area contributed by atoms with Crippen LogP contribution in [0.4, 0.5) is 0 Å². The zero-order valence-corrected chi connectivity index (χ0v) is 9.91. The quantitative estimate of drug-likeness (QED) is 0.847. The van der Waals surface area contributed by atoms with Crippen LogP contribution in [0.1, 0.15) is 22.3 Å². The molecular formula is C8H11BrN2OS. The van der Waals surface area contributed by atoms with Gasteiger partial charge in [-0.2, -0.15) is 0 Å². The van der Waals surface area contributed by atoms with Crippen molar-refractivity contribution in [1.29, 1.82) is 0 Å². The van der Waals surface area contributed by atoms with Gasteiger partial charge in [0, 0.05) is 11.4 Å². The van der Waals surface area contributed by atoms with E-state index < -0.39 is 0 Å². The third-order valence-electron chi connectivity index (χ3n) is 1.50. The molecule has 72 valence electrons. The minimum atomic E-state index is -0.0358. The molecule has 3 nitrogen and oxygen atoms in total. The van der Waals surface area contributed by atoms with Gasteiger partial charge in [-0.05, 0) is 6.92 Å². The topological polar surface area (TPSA) is 42.0 Å². The van der Waals surface area contributed by atoms with Gasteiger partial charge in [0.2, 0.25) is 0 Å². The molecule has 1 amide bonds. The second-order valence-electron chi connectivity index (χ2n) is 2.76. The summed E-state index contributed by atoms with van der Waals surface area (Å²) in [5, 5.41) is 2.81. The molecule has 0 spiro atoms. The van der Waals surface area contributed by atoms with E-state index in [9.17, 15) is 4.79 Å². The lowest BCUT2D eigenvalue weighted by Gasteiger charge is -2.04. The molecule has 0 aliphatic rings. The smallest absolute Gasteiger partial charge is 0.263 e. The summed E-state index contributed by atoms with van der Waals surface area (Å²) in [7, 11) is 0. The Labute approximate surface area is 89.7 Å². The average Bonchev–Trinajstić information content (AvgIpc) is 2.47. The van der Waals surface area contributed by atoms with Gasteiger partial charge >= 0.3 is 0 Å². The van der Waals surface area contributed by atoms with E-state index in [1.54, 1.807) is 5.51 Å². The number of halogens is 1. The fourth-order valence-corrected chi connectivity index (χ4v) is 1.71. The largest absolute Gasteiger partial charge is 0.350 e. The van der Waals surface area contributed by atoms with Gasteiger partial charge in [-0.15, -0.1) is 11.3 Å². The van der Waals surface area contributed by atoms with E-state index in [4.69, 9.17) is 0 Å². The molecule has 13 heavy (non-hydrogen) atoms. The van der Waals surface area contributed by atoms with Gasteiger partial charge in [-0.1, -0.05) is 22.9 Å². The Morgan fingerprint density at radius 2 is 2.54 bits per heavy atom. The van der Waals surface area contributed by atoms with Crippen molar-refractivity contribution in [2.45, 2.75) is 18.7 Å². The number of rotatable bonds is 3. The molecule has 1 N–H and O–H groups in total. The Hall–Kier alpha value is -0.420. The molecule has 1 rings (SSSR count). The first-order valence-corrected chi connectivity index (χ1v) is 5.73. The molecule has 0 saturated carbocycles. The monoisotopic (exact) mass is 262 g/mol. The van der Waals surface area contributed by atoms with Crippen molar-refractivity contribution >= 4 is 33.2 Å². The first kappa shape index (κ1) is 10.7. The Morgan fingerprint density at radius 3 is 3.00 bits per heavy atom. The number of aromatic nitrogens is 1. The first-order valence-electron chi connectivity index (χ1n) is 3.93. The molecule has 0 saturated heterocycles. The second kappa shape index (κ2) is 4.72. The van der Waals surface area contributed by atoms with Crippen LogP contribution in [0.2, 0.25) is 0 Å². The van der Waals surface area contributed by atoms with Crippen LogP contribution in [0, 0.1) is 6.92 Å². The summed E-state index contributed by atoms with van der Waals surface area (Å²) < 4.78 is 0. The number of nitrogens with zero attached hydrogens (tertiary/aromatic N) is 1. The van der Waals surface area contributed by atoms with Gasteiger partial charge in [0.25, 0.3) is 5.91 Å². The van der Waals surface area contributed by atoms with Crippen LogP contribution < -0.4 is 5.32 Å². The van der Waals surface area contributed by atoms with Crippen LogP contribution >= 0.6 is 27.3 Å². The Balaban J connectivity index is 2.54. The third kappa shape index (κ3) is 3.08. The lowest BCUT2D eigenvalue weighted by molar-refractivity contribution is 0.0957. The maximum absolute atomic E-state index is 11.5. The van der Waals surface area contributed by atoms with Crippen LogP contribution in [0.15, 0.2) is 5.51 Å². The summed E-state index contributed by atoms with van der Waals surface area (Å²) in [5.41, 5.74) is 2.48. The van der Waals surface area contributed by atoms with Gasteiger partial charge in [-0.3, -0.25) is 4.79 Å². The van der Waals surface area contributed by atoms with Crippen molar-refractivity contribution in [2.75, 3.05) is 6.54 Å². The number of alkyl halides is 1. The van der Waals surface area contributed by atoms with Crippen molar-refractivity contribution in [3.05, 3.63) is 16.1 Å². The first-order chi connectivity index (χ1) is 6.11. The van der Waals surface area contributed by atoms with Gasteiger partial charge < -0.3 is 5.32 Å². The number of aryl methyl sites for hydroxylation is 1. The summed E-state index contributed by atoms with van der Waals surface area (Å²) in [6, 6.07) is 0. The van der Waals surface area contributed by atoms with Crippen LogP contribution in [0.25, 0.3) is 0 Å². The van der Waals surface area contributed by atoms with Gasteiger partial charge in [-0.25, -0.2) is 4.98 Å². The maximum Gasteiger partial charge on any atom is 0.263 e. The van der Waals surface area contributed by atoms with E-state index in [1.807, 2.05) is 13.8 Å². The standard InChI is InChI=1S/C8H11BrN2OS/c1-5(9)3-10-8(12)7-6(2)11-4-13-7/h4-5H,3H2,1-2H3,(H,10,12). The summed E-state index contributed by atoms with van der Waals surface area (Å²) in [6.45, 7) is 4.46. The molecule has 0 fully saturated rings. The van der Waals surface area contributed by atoms with Gasteiger partial charge in [0.05, 0.1) is 11.2 Å². The molecular weight excluding hydrogens is 252 g/mol. The van der Waals surface area contributed by atoms with Crippen LogP contribution in [-0.4, -0.2) is 22.3 Å². The number of carbonyl (C=O) groups excluding carboxylic acids is 1. The van der Waals surface area contributed by atoms with E-state index in [2.05, 4.69) is 26.2 Å². The number of thiazole rings is 1. The fourth-order valence-electron chi connectivity index (χ4n) is 0.833. The van der Waals surface area contributed by atoms with Crippen molar-refractivity contribution in [3.63, 3.8) is 0 Å². The number of carbonyl (C=O) groups is 1. The van der Waals surface area contributed by atoms with Crippen LogP contribution in [0.3, 0.4) is 0 Å². The molecule has 1 unspecified atom stereocenters. The molecule has 1 aromatic rings. The number of hydrogen-bond acceptors (Lipinski definition) is 3. The molecule has 1 heterocycles. The minimum Gasteiger partial charge on any atom is -0.350 e. The minimum absolute atomic E-state index is 0.0358. The molecule has 0 aliphatic carbocycles. The number of amides is 1. The third-order valence-corrected chi connectivity index (χ3v) is 2.75. The van der Waals surface area contributed by atoms with Crippen molar-refractivity contribution in [1.82, 2.24) is 10.3 Å². The SMILES string of the molecule is Cc1ncsc1C(=O)NCC(C)Br. The van der Waals surface area contributed by atoms with Crippen molar-refractivity contribution in [2.24, 2.45) is 0 Å². The highest BCUT2D eigenvalue weighted by atomic mass is 79.9.